The average Bonchev–Trinajstić information content (AvgIpc) is 2.89. The molecule has 0 heterocycles. The topological polar surface area (TPSA) is 17.1 Å². The van der Waals surface area contributed by atoms with E-state index in [1.54, 1.807) is 6.92 Å². The van der Waals surface area contributed by atoms with Gasteiger partial charge in [0.25, 0.3) is 0 Å². The normalized spacial score (nSPS) is 32.9. The molecule has 1 nitrogen and oxygen atoms in total. The van der Waals surface area contributed by atoms with Crippen LogP contribution < -0.4 is 0 Å². The van der Waals surface area contributed by atoms with Crippen LogP contribution in [0.3, 0.4) is 0 Å². The first-order valence-corrected chi connectivity index (χ1v) is 9.74. The number of aryl methyl sites for hydroxylation is 1. The molecule has 0 amide bonds. The molecule has 0 radical (unpaired) electrons. The number of rotatable bonds is 1. The fourth-order valence-electron chi connectivity index (χ4n) is 6.06. The average molecular weight is 332 g/mol. The summed E-state index contributed by atoms with van der Waals surface area (Å²) in [6, 6.07) is 4.40. The van der Waals surface area contributed by atoms with Gasteiger partial charge in [-0.2, -0.15) is 0 Å². The quantitative estimate of drug-likeness (QED) is 0.368. The van der Waals surface area contributed by atoms with Crippen molar-refractivity contribution in [3.8, 4) is 11.8 Å². The Balaban J connectivity index is 1.77. The predicted molar refractivity (Wildman–Crippen MR) is 103 cm³/mol. The van der Waals surface area contributed by atoms with Gasteiger partial charge >= 0.3 is 0 Å². The number of allylic oxidation sites excluding steroid dienone is 1. The molecular formula is C24H28O. The largest absolute Gasteiger partial charge is 0.294 e. The van der Waals surface area contributed by atoms with Crippen molar-refractivity contribution < 1.29 is 4.79 Å². The van der Waals surface area contributed by atoms with E-state index in [1.807, 2.05) is 6.92 Å². The summed E-state index contributed by atoms with van der Waals surface area (Å²) in [6.45, 7) is 10.4. The predicted octanol–water partition coefficient (Wildman–Crippen LogP) is 5.67. The Kier molecular flexibility index (Phi) is 3.91. The SMILES string of the molecule is C=C1CCC2C3CCc4cc(C(C)=O)c(C#CC)cc4C3CC[C@]12C. The van der Waals surface area contributed by atoms with E-state index >= 15 is 0 Å². The maximum absolute atomic E-state index is 12.1. The van der Waals surface area contributed by atoms with Crippen LogP contribution >= 0.6 is 0 Å². The zero-order valence-electron chi connectivity index (χ0n) is 15.7. The van der Waals surface area contributed by atoms with Crippen LogP contribution in [0.2, 0.25) is 0 Å². The molecule has 4 atom stereocenters. The van der Waals surface area contributed by atoms with Gasteiger partial charge in [-0.3, -0.25) is 4.79 Å². The molecule has 0 saturated heterocycles. The molecular weight excluding hydrogens is 304 g/mol. The Morgan fingerprint density at radius 3 is 2.76 bits per heavy atom. The van der Waals surface area contributed by atoms with E-state index in [2.05, 4.69) is 37.5 Å². The second-order valence-corrected chi connectivity index (χ2v) is 8.54. The first kappa shape index (κ1) is 16.6. The summed E-state index contributed by atoms with van der Waals surface area (Å²) in [5, 5.41) is 0. The van der Waals surface area contributed by atoms with Crippen LogP contribution in [-0.4, -0.2) is 5.78 Å². The maximum atomic E-state index is 12.1. The van der Waals surface area contributed by atoms with Crippen molar-refractivity contribution in [3.63, 3.8) is 0 Å². The Bertz CT molecular complexity index is 818. The summed E-state index contributed by atoms with van der Waals surface area (Å²) < 4.78 is 0. The number of carbonyl (C=O) groups is 1. The molecule has 0 aliphatic heterocycles. The van der Waals surface area contributed by atoms with Crippen molar-refractivity contribution in [3.05, 3.63) is 46.5 Å². The minimum atomic E-state index is 0.131. The van der Waals surface area contributed by atoms with E-state index in [0.717, 1.165) is 29.4 Å². The van der Waals surface area contributed by atoms with Gasteiger partial charge < -0.3 is 0 Å². The lowest BCUT2D eigenvalue weighted by atomic mass is 9.55. The fourth-order valence-corrected chi connectivity index (χ4v) is 6.06. The molecule has 0 N–H and O–H groups in total. The van der Waals surface area contributed by atoms with E-state index < -0.39 is 0 Å². The van der Waals surface area contributed by atoms with E-state index in [4.69, 9.17) is 0 Å². The van der Waals surface area contributed by atoms with E-state index in [-0.39, 0.29) is 5.78 Å². The standard InChI is InChI=1S/C24H28O/c1-5-6-17-14-22-18(13-21(17)16(3)25)8-9-20-19(22)11-12-24(4)15(2)7-10-23(20)24/h13-14,19-20,23H,2,7-12H2,1,3-4H3/t19?,20?,23?,24-/m1/s1. The van der Waals surface area contributed by atoms with E-state index in [0.29, 0.717) is 11.3 Å². The van der Waals surface area contributed by atoms with Crippen molar-refractivity contribution in [1.29, 1.82) is 0 Å². The van der Waals surface area contributed by atoms with Crippen molar-refractivity contribution in [2.24, 2.45) is 17.3 Å². The number of benzene rings is 1. The number of hydrogen-bond donors (Lipinski definition) is 0. The van der Waals surface area contributed by atoms with Crippen LogP contribution in [0.25, 0.3) is 0 Å². The van der Waals surface area contributed by atoms with E-state index in [9.17, 15) is 4.79 Å². The second-order valence-electron chi connectivity index (χ2n) is 8.54. The summed E-state index contributed by atoms with van der Waals surface area (Å²) in [6.07, 6.45) is 7.42. The monoisotopic (exact) mass is 332 g/mol. The zero-order valence-corrected chi connectivity index (χ0v) is 15.7. The molecule has 3 unspecified atom stereocenters. The number of Topliss-reactive ketones (excluding diaryl/α,β-unsaturated/α-hetero) is 1. The van der Waals surface area contributed by atoms with Gasteiger partial charge in [-0.25, -0.2) is 0 Å². The third-order valence-electron chi connectivity index (χ3n) is 7.46. The van der Waals surface area contributed by atoms with Gasteiger partial charge in [-0.05, 0) is 98.8 Å². The summed E-state index contributed by atoms with van der Waals surface area (Å²) in [5.74, 6) is 8.51. The zero-order chi connectivity index (χ0) is 17.8. The highest BCUT2D eigenvalue weighted by Crippen LogP contribution is 2.62. The second kappa shape index (κ2) is 5.87. The first-order chi connectivity index (χ1) is 12.0. The van der Waals surface area contributed by atoms with Crippen LogP contribution in [0.5, 0.6) is 0 Å². The fraction of sp³-hybridized carbons (Fsp3) is 0.542. The highest BCUT2D eigenvalue weighted by Gasteiger charge is 2.51. The molecule has 1 heteroatoms. The molecule has 130 valence electrons. The molecule has 3 aliphatic rings. The Morgan fingerprint density at radius 2 is 2.04 bits per heavy atom. The molecule has 1 aromatic rings. The highest BCUT2D eigenvalue weighted by atomic mass is 16.1. The lowest BCUT2D eigenvalue weighted by molar-refractivity contribution is 0.0816. The third-order valence-corrected chi connectivity index (χ3v) is 7.46. The Morgan fingerprint density at radius 1 is 1.24 bits per heavy atom. The molecule has 2 saturated carbocycles. The molecule has 2 fully saturated rings. The van der Waals surface area contributed by atoms with Crippen molar-refractivity contribution >= 4 is 5.78 Å². The van der Waals surface area contributed by atoms with Crippen LogP contribution in [0.4, 0.5) is 0 Å². The van der Waals surface area contributed by atoms with Gasteiger partial charge in [0.15, 0.2) is 5.78 Å². The number of hydrogen-bond acceptors (Lipinski definition) is 1. The van der Waals surface area contributed by atoms with Crippen molar-refractivity contribution in [2.75, 3.05) is 0 Å². The lowest BCUT2D eigenvalue weighted by Crippen LogP contribution is -2.40. The number of fused-ring (bicyclic) bond motifs is 5. The Hall–Kier alpha value is -1.81. The molecule has 0 aromatic heterocycles. The number of carbonyl (C=O) groups excluding carboxylic acids is 1. The van der Waals surface area contributed by atoms with Gasteiger partial charge in [0.2, 0.25) is 0 Å². The van der Waals surface area contributed by atoms with Crippen LogP contribution in [-0.2, 0) is 6.42 Å². The smallest absolute Gasteiger partial charge is 0.161 e. The minimum Gasteiger partial charge on any atom is -0.294 e. The summed E-state index contributed by atoms with van der Waals surface area (Å²) in [4.78, 5) is 12.1. The molecule has 0 bridgehead atoms. The molecule has 1 aromatic carbocycles. The highest BCUT2D eigenvalue weighted by molar-refractivity contribution is 5.97. The molecule has 4 rings (SSSR count). The van der Waals surface area contributed by atoms with Crippen LogP contribution in [0.15, 0.2) is 24.3 Å². The molecule has 3 aliphatic carbocycles. The summed E-state index contributed by atoms with van der Waals surface area (Å²) in [7, 11) is 0. The minimum absolute atomic E-state index is 0.131. The van der Waals surface area contributed by atoms with E-state index in [1.165, 1.54) is 48.8 Å². The number of ketones is 1. The summed E-state index contributed by atoms with van der Waals surface area (Å²) in [5.41, 5.74) is 6.47. The summed E-state index contributed by atoms with van der Waals surface area (Å²) >= 11 is 0. The Labute approximate surface area is 151 Å². The molecule has 25 heavy (non-hydrogen) atoms. The van der Waals surface area contributed by atoms with Gasteiger partial charge in [-0.15, -0.1) is 5.92 Å². The van der Waals surface area contributed by atoms with Crippen LogP contribution in [0, 0.1) is 29.1 Å². The van der Waals surface area contributed by atoms with Crippen LogP contribution in [0.1, 0.15) is 85.8 Å². The maximum Gasteiger partial charge on any atom is 0.161 e. The van der Waals surface area contributed by atoms with Gasteiger partial charge in [-0.1, -0.05) is 25.0 Å². The lowest BCUT2D eigenvalue weighted by Gasteiger charge is -2.49. The van der Waals surface area contributed by atoms with Gasteiger partial charge in [0.1, 0.15) is 0 Å². The first-order valence-electron chi connectivity index (χ1n) is 9.74. The van der Waals surface area contributed by atoms with Gasteiger partial charge in [0.05, 0.1) is 0 Å². The molecule has 0 spiro atoms. The third kappa shape index (κ3) is 2.42. The van der Waals surface area contributed by atoms with Crippen molar-refractivity contribution in [2.45, 2.75) is 65.2 Å². The van der Waals surface area contributed by atoms with Crippen molar-refractivity contribution in [1.82, 2.24) is 0 Å². The van der Waals surface area contributed by atoms with Gasteiger partial charge in [0, 0.05) is 11.1 Å².